The quantitative estimate of drug-likeness (QED) is 0.772. The molecule has 1 fully saturated rings. The van der Waals surface area contributed by atoms with E-state index in [9.17, 15) is 0 Å². The zero-order chi connectivity index (χ0) is 13.4. The van der Waals surface area contributed by atoms with E-state index in [1.54, 1.807) is 7.11 Å². The van der Waals surface area contributed by atoms with Crippen LogP contribution in [0.3, 0.4) is 0 Å². The van der Waals surface area contributed by atoms with Crippen LogP contribution < -0.4 is 4.74 Å². The van der Waals surface area contributed by atoms with Gasteiger partial charge >= 0.3 is 0 Å². The van der Waals surface area contributed by atoms with Crippen LogP contribution in [0, 0.1) is 19.8 Å². The maximum atomic E-state index is 6.27. The van der Waals surface area contributed by atoms with Gasteiger partial charge in [0.2, 0.25) is 0 Å². The van der Waals surface area contributed by atoms with E-state index < -0.39 is 0 Å². The molecular formula is C15H21ClO2. The molecule has 1 saturated heterocycles. The monoisotopic (exact) mass is 268 g/mol. The maximum Gasteiger partial charge on any atom is 0.125 e. The lowest BCUT2D eigenvalue weighted by molar-refractivity contribution is 0.325. The lowest BCUT2D eigenvalue weighted by Gasteiger charge is -2.18. The van der Waals surface area contributed by atoms with Crippen LogP contribution >= 0.6 is 11.6 Å². The summed E-state index contributed by atoms with van der Waals surface area (Å²) in [6.07, 6.45) is 1.73. The van der Waals surface area contributed by atoms with Crippen LogP contribution in [0.4, 0.5) is 0 Å². The first-order valence-corrected chi connectivity index (χ1v) is 6.81. The molecule has 0 aromatic heterocycles. The fraction of sp³-hybridized carbons (Fsp3) is 0.600. The van der Waals surface area contributed by atoms with Gasteiger partial charge < -0.3 is 9.47 Å². The highest BCUT2D eigenvalue weighted by Crippen LogP contribution is 2.37. The Morgan fingerprint density at radius 1 is 1.44 bits per heavy atom. The number of aryl methyl sites for hydroxylation is 1. The molecule has 1 aromatic rings. The maximum absolute atomic E-state index is 6.27. The Labute approximate surface area is 114 Å². The highest BCUT2D eigenvalue weighted by Gasteiger charge is 2.39. The first kappa shape index (κ1) is 13.7. The van der Waals surface area contributed by atoms with Crippen LogP contribution in [0.2, 0.25) is 5.02 Å². The molecule has 0 spiro atoms. The highest BCUT2D eigenvalue weighted by atomic mass is 35.5. The summed E-state index contributed by atoms with van der Waals surface area (Å²) in [7, 11) is 1.72. The summed E-state index contributed by atoms with van der Waals surface area (Å²) >= 11 is 6.27. The van der Waals surface area contributed by atoms with Crippen molar-refractivity contribution >= 4 is 11.6 Å². The summed E-state index contributed by atoms with van der Waals surface area (Å²) in [5, 5.41) is 0.820. The summed E-state index contributed by atoms with van der Waals surface area (Å²) in [4.78, 5) is 0. The van der Waals surface area contributed by atoms with Gasteiger partial charge in [-0.3, -0.25) is 0 Å². The third kappa shape index (κ3) is 2.50. The number of rotatable bonds is 4. The molecule has 1 aliphatic rings. The Hall–Kier alpha value is -0.730. The molecule has 1 aliphatic heterocycles. The van der Waals surface area contributed by atoms with Crippen molar-refractivity contribution in [2.75, 3.05) is 7.11 Å². The van der Waals surface area contributed by atoms with Gasteiger partial charge in [0, 0.05) is 5.02 Å². The first-order valence-electron chi connectivity index (χ1n) is 6.43. The lowest BCUT2D eigenvalue weighted by atomic mass is 9.92. The number of benzene rings is 1. The molecule has 1 heterocycles. The first-order chi connectivity index (χ1) is 8.45. The van der Waals surface area contributed by atoms with Crippen LogP contribution in [0.1, 0.15) is 30.5 Å². The van der Waals surface area contributed by atoms with E-state index in [0.717, 1.165) is 28.3 Å². The second-order valence-corrected chi connectivity index (χ2v) is 5.71. The van der Waals surface area contributed by atoms with E-state index in [4.69, 9.17) is 21.1 Å². The van der Waals surface area contributed by atoms with Crippen molar-refractivity contribution in [1.29, 1.82) is 0 Å². The van der Waals surface area contributed by atoms with Gasteiger partial charge in [-0.1, -0.05) is 18.5 Å². The Kier molecular flexibility index (Phi) is 3.88. The summed E-state index contributed by atoms with van der Waals surface area (Å²) in [6, 6.07) is 1.97. The van der Waals surface area contributed by atoms with Gasteiger partial charge in [-0.05, 0) is 55.9 Å². The lowest BCUT2D eigenvalue weighted by Crippen LogP contribution is -2.11. The van der Waals surface area contributed by atoms with Crippen LogP contribution in [0.15, 0.2) is 6.07 Å². The second-order valence-electron chi connectivity index (χ2n) is 5.30. The molecule has 2 nitrogen and oxygen atoms in total. The van der Waals surface area contributed by atoms with Crippen molar-refractivity contribution in [3.63, 3.8) is 0 Å². The average Bonchev–Trinajstić information content (AvgIpc) is 3.03. The largest absolute Gasteiger partial charge is 0.496 e. The Morgan fingerprint density at radius 2 is 2.06 bits per heavy atom. The zero-order valence-electron chi connectivity index (χ0n) is 11.7. The summed E-state index contributed by atoms with van der Waals surface area (Å²) in [6.45, 7) is 8.44. The number of ether oxygens (including phenoxy) is 2. The molecule has 0 bridgehead atoms. The summed E-state index contributed by atoms with van der Waals surface area (Å²) in [5.41, 5.74) is 3.44. The Balaban J connectivity index is 2.30. The van der Waals surface area contributed by atoms with Crippen LogP contribution in [0.5, 0.6) is 5.75 Å². The molecule has 3 heteroatoms. The van der Waals surface area contributed by atoms with Gasteiger partial charge in [0.05, 0.1) is 19.3 Å². The predicted molar refractivity (Wildman–Crippen MR) is 74.7 cm³/mol. The molecule has 2 rings (SSSR count). The SMILES string of the molecule is COc1c(C)cc(Cl)c(C)c1CC(C)C1OC1C. The highest BCUT2D eigenvalue weighted by molar-refractivity contribution is 6.31. The molecule has 1 aromatic carbocycles. The molecule has 0 saturated carbocycles. The van der Waals surface area contributed by atoms with Gasteiger partial charge in [0.25, 0.3) is 0 Å². The van der Waals surface area contributed by atoms with E-state index in [1.807, 2.05) is 13.0 Å². The number of epoxide rings is 1. The van der Waals surface area contributed by atoms with Crippen molar-refractivity contribution < 1.29 is 9.47 Å². The molecule has 0 N–H and O–H groups in total. The number of halogens is 1. The smallest absolute Gasteiger partial charge is 0.125 e. The minimum atomic E-state index is 0.383. The van der Waals surface area contributed by atoms with E-state index in [2.05, 4.69) is 20.8 Å². The summed E-state index contributed by atoms with van der Waals surface area (Å²) in [5.74, 6) is 1.46. The van der Waals surface area contributed by atoms with E-state index in [-0.39, 0.29) is 0 Å². The topological polar surface area (TPSA) is 21.8 Å². The second kappa shape index (κ2) is 5.10. The number of hydrogen-bond acceptors (Lipinski definition) is 2. The Bertz CT molecular complexity index is 456. The molecule has 3 unspecified atom stereocenters. The molecule has 18 heavy (non-hydrogen) atoms. The Morgan fingerprint density at radius 3 is 2.56 bits per heavy atom. The third-order valence-corrected chi connectivity index (χ3v) is 4.23. The van der Waals surface area contributed by atoms with Gasteiger partial charge in [-0.15, -0.1) is 0 Å². The van der Waals surface area contributed by atoms with Gasteiger partial charge in [-0.25, -0.2) is 0 Å². The van der Waals surface area contributed by atoms with Crippen LogP contribution in [0.25, 0.3) is 0 Å². The van der Waals surface area contributed by atoms with Crippen molar-refractivity contribution in [3.8, 4) is 5.75 Å². The number of hydrogen-bond donors (Lipinski definition) is 0. The van der Waals surface area contributed by atoms with E-state index >= 15 is 0 Å². The third-order valence-electron chi connectivity index (χ3n) is 3.84. The predicted octanol–water partition coefficient (Wildman–Crippen LogP) is 3.93. The normalized spacial score (nSPS) is 23.9. The van der Waals surface area contributed by atoms with Gasteiger partial charge in [-0.2, -0.15) is 0 Å². The molecule has 100 valence electrons. The van der Waals surface area contributed by atoms with E-state index in [1.165, 1.54) is 5.56 Å². The fourth-order valence-electron chi connectivity index (χ4n) is 2.68. The zero-order valence-corrected chi connectivity index (χ0v) is 12.5. The van der Waals surface area contributed by atoms with Gasteiger partial charge in [0.15, 0.2) is 0 Å². The van der Waals surface area contributed by atoms with Crippen molar-refractivity contribution in [1.82, 2.24) is 0 Å². The van der Waals surface area contributed by atoms with Crippen LogP contribution in [-0.2, 0) is 11.2 Å². The minimum Gasteiger partial charge on any atom is -0.496 e. The number of methoxy groups -OCH3 is 1. The fourth-order valence-corrected chi connectivity index (χ4v) is 2.96. The minimum absolute atomic E-state index is 0.383. The van der Waals surface area contributed by atoms with Gasteiger partial charge in [0.1, 0.15) is 5.75 Å². The van der Waals surface area contributed by atoms with Crippen molar-refractivity contribution in [3.05, 3.63) is 27.8 Å². The summed E-state index contributed by atoms with van der Waals surface area (Å²) < 4.78 is 11.1. The average molecular weight is 269 g/mol. The van der Waals surface area contributed by atoms with Crippen molar-refractivity contribution in [2.24, 2.45) is 5.92 Å². The molecule has 0 radical (unpaired) electrons. The van der Waals surface area contributed by atoms with E-state index in [0.29, 0.717) is 18.1 Å². The molecule has 3 atom stereocenters. The molecule has 0 aliphatic carbocycles. The van der Waals surface area contributed by atoms with Crippen LogP contribution in [-0.4, -0.2) is 19.3 Å². The molecular weight excluding hydrogens is 248 g/mol. The standard InChI is InChI=1S/C15H21ClO2/c1-8(14-11(4)18-14)6-12-10(3)13(16)7-9(2)15(12)17-5/h7-8,11,14H,6H2,1-5H3. The van der Waals surface area contributed by atoms with Crippen molar-refractivity contribution in [2.45, 2.75) is 46.3 Å². The molecule has 0 amide bonds.